The molecule has 1 aliphatic heterocycles. The maximum Gasteiger partial charge on any atom is 0.421 e. The summed E-state index contributed by atoms with van der Waals surface area (Å²) in [6.45, 7) is -0.616. The molecule has 0 spiro atoms. The summed E-state index contributed by atoms with van der Waals surface area (Å²) in [4.78, 5) is 39.4. The second-order valence-corrected chi connectivity index (χ2v) is 9.56. The third-order valence-corrected chi connectivity index (χ3v) is 6.55. The number of alkyl halides is 3. The molecule has 1 N–H and O–H groups in total. The van der Waals surface area contributed by atoms with Gasteiger partial charge >= 0.3 is 12.2 Å². The van der Waals surface area contributed by atoms with Crippen molar-refractivity contribution >= 4 is 17.6 Å². The van der Waals surface area contributed by atoms with Gasteiger partial charge in [0.15, 0.2) is 0 Å². The molecule has 0 unspecified atom stereocenters. The number of fused-ring (bicyclic) bond motifs is 1. The third-order valence-electron chi connectivity index (χ3n) is 6.55. The standard InChI is InChI=1S/C28H24F4N6O5/c1-36-23-13-20(42-10-9-37-25(39)21(7-8-33-37)28(30,31)32)5-6-24(23)43-16-22(26(36)40)35-27(41)38-15-18(14-34-38)11-17-3-2-4-19(29)12-17/h2-8,12-15,22H,9-11,16H2,1H3,(H,35,41)/t22-/m0/s1. The van der Waals surface area contributed by atoms with E-state index in [1.807, 2.05) is 0 Å². The van der Waals surface area contributed by atoms with Gasteiger partial charge in [-0.3, -0.25) is 9.59 Å². The van der Waals surface area contributed by atoms with E-state index < -0.39 is 35.3 Å². The number of carbonyl (C=O) groups is 2. The van der Waals surface area contributed by atoms with E-state index in [1.165, 1.54) is 48.6 Å². The molecule has 224 valence electrons. The van der Waals surface area contributed by atoms with Gasteiger partial charge < -0.3 is 19.7 Å². The Morgan fingerprint density at radius 3 is 2.70 bits per heavy atom. The van der Waals surface area contributed by atoms with E-state index in [0.717, 1.165) is 10.9 Å². The second kappa shape index (κ2) is 12.0. The number of carbonyl (C=O) groups excluding carboxylic acids is 2. The van der Waals surface area contributed by atoms with Crippen molar-refractivity contribution in [3.05, 3.63) is 100.0 Å². The topological polar surface area (TPSA) is 121 Å². The fourth-order valence-corrected chi connectivity index (χ4v) is 4.41. The highest BCUT2D eigenvalue weighted by Gasteiger charge is 2.35. The second-order valence-electron chi connectivity index (χ2n) is 9.56. The number of aromatic nitrogens is 4. The lowest BCUT2D eigenvalue weighted by atomic mass is 10.1. The first kappa shape index (κ1) is 29.3. The number of ether oxygens (including phenoxy) is 2. The zero-order valence-corrected chi connectivity index (χ0v) is 22.5. The van der Waals surface area contributed by atoms with Gasteiger partial charge in [-0.1, -0.05) is 12.1 Å². The lowest BCUT2D eigenvalue weighted by Crippen LogP contribution is -2.50. The highest BCUT2D eigenvalue weighted by molar-refractivity contribution is 6.00. The van der Waals surface area contributed by atoms with Gasteiger partial charge in [-0.2, -0.15) is 28.1 Å². The predicted octanol–water partition coefficient (Wildman–Crippen LogP) is 3.25. The van der Waals surface area contributed by atoms with Crippen LogP contribution in [-0.2, 0) is 23.9 Å². The van der Waals surface area contributed by atoms with Crippen molar-refractivity contribution in [2.75, 3.05) is 25.2 Å². The molecule has 4 aromatic rings. The van der Waals surface area contributed by atoms with Crippen LogP contribution >= 0.6 is 0 Å². The number of likely N-dealkylation sites (N-methyl/N-ethyl adjacent to an activating group) is 1. The molecule has 15 heteroatoms. The van der Waals surface area contributed by atoms with E-state index in [1.54, 1.807) is 18.2 Å². The maximum absolute atomic E-state index is 13.5. The Hall–Kier alpha value is -5.21. The highest BCUT2D eigenvalue weighted by Crippen LogP contribution is 2.34. The number of nitrogens with zero attached hydrogens (tertiary/aromatic N) is 5. The van der Waals surface area contributed by atoms with Gasteiger partial charge in [-0.25, -0.2) is 13.9 Å². The van der Waals surface area contributed by atoms with Gasteiger partial charge in [0.1, 0.15) is 42.1 Å². The van der Waals surface area contributed by atoms with Crippen molar-refractivity contribution in [3.8, 4) is 11.5 Å². The number of nitrogens with one attached hydrogen (secondary N) is 1. The van der Waals surface area contributed by atoms with Crippen LogP contribution in [0.15, 0.2) is 71.9 Å². The maximum atomic E-state index is 13.5. The minimum Gasteiger partial charge on any atom is -0.492 e. The summed E-state index contributed by atoms with van der Waals surface area (Å²) in [5.74, 6) is -0.280. The van der Waals surface area contributed by atoms with Crippen LogP contribution < -0.4 is 25.2 Å². The Kier molecular flexibility index (Phi) is 8.14. The summed E-state index contributed by atoms with van der Waals surface area (Å²) >= 11 is 0. The molecule has 2 amide bonds. The van der Waals surface area contributed by atoms with E-state index in [-0.39, 0.29) is 31.3 Å². The molecule has 1 aliphatic rings. The number of hydrogen-bond donors (Lipinski definition) is 1. The SMILES string of the molecule is CN1C(=O)[C@@H](NC(=O)n2cc(Cc3cccc(F)c3)cn2)COc2ccc(OCCn3nccc(C(F)(F)F)c3=O)cc21. The zero-order valence-electron chi connectivity index (χ0n) is 22.5. The summed E-state index contributed by atoms with van der Waals surface area (Å²) in [6, 6.07) is 9.49. The first-order chi connectivity index (χ1) is 20.5. The molecule has 0 saturated heterocycles. The fraction of sp³-hybridized carbons (Fsp3) is 0.250. The Morgan fingerprint density at radius 2 is 1.93 bits per heavy atom. The van der Waals surface area contributed by atoms with E-state index in [4.69, 9.17) is 9.47 Å². The first-order valence-corrected chi connectivity index (χ1v) is 12.9. The molecule has 1 atom stereocenters. The van der Waals surface area contributed by atoms with Crippen LogP contribution in [0, 0.1) is 5.82 Å². The fourth-order valence-electron chi connectivity index (χ4n) is 4.41. The molecule has 43 heavy (non-hydrogen) atoms. The average molecular weight is 601 g/mol. The van der Waals surface area contributed by atoms with E-state index in [2.05, 4.69) is 15.5 Å². The molecule has 0 fully saturated rings. The van der Waals surface area contributed by atoms with Crippen molar-refractivity contribution in [1.82, 2.24) is 24.9 Å². The van der Waals surface area contributed by atoms with Crippen LogP contribution in [0.3, 0.4) is 0 Å². The normalized spacial score (nSPS) is 15.0. The first-order valence-electron chi connectivity index (χ1n) is 12.9. The monoisotopic (exact) mass is 600 g/mol. The van der Waals surface area contributed by atoms with Crippen LogP contribution in [-0.4, -0.2) is 57.8 Å². The minimum atomic E-state index is -4.81. The average Bonchev–Trinajstić information content (AvgIpc) is 3.39. The van der Waals surface area contributed by atoms with Gasteiger partial charge in [0.2, 0.25) is 0 Å². The molecular formula is C28H24F4N6O5. The van der Waals surface area contributed by atoms with Gasteiger partial charge in [-0.05, 0) is 41.5 Å². The van der Waals surface area contributed by atoms with Crippen LogP contribution in [0.25, 0.3) is 0 Å². The van der Waals surface area contributed by atoms with E-state index in [0.29, 0.717) is 39.7 Å². The Morgan fingerprint density at radius 1 is 1.12 bits per heavy atom. The molecule has 0 bridgehead atoms. The van der Waals surface area contributed by atoms with Crippen LogP contribution in [0.4, 0.5) is 28.0 Å². The number of benzene rings is 2. The Balaban J connectivity index is 1.21. The van der Waals surface area contributed by atoms with Crippen LogP contribution in [0.1, 0.15) is 16.7 Å². The predicted molar refractivity (Wildman–Crippen MR) is 143 cm³/mol. The molecule has 0 radical (unpaired) electrons. The zero-order chi connectivity index (χ0) is 30.7. The number of rotatable bonds is 7. The lowest BCUT2D eigenvalue weighted by Gasteiger charge is -2.20. The van der Waals surface area contributed by atoms with Gasteiger partial charge in [0.25, 0.3) is 11.5 Å². The van der Waals surface area contributed by atoms with E-state index >= 15 is 0 Å². The summed E-state index contributed by atoms with van der Waals surface area (Å²) in [7, 11) is 1.48. The number of anilines is 1. The van der Waals surface area contributed by atoms with Crippen molar-refractivity contribution in [2.45, 2.75) is 25.2 Å². The van der Waals surface area contributed by atoms with Gasteiger partial charge in [0.05, 0.1) is 18.4 Å². The van der Waals surface area contributed by atoms with Gasteiger partial charge in [0, 0.05) is 31.9 Å². The molecule has 2 aromatic heterocycles. The van der Waals surface area contributed by atoms with Crippen molar-refractivity contribution in [1.29, 1.82) is 0 Å². The molecular weight excluding hydrogens is 576 g/mol. The summed E-state index contributed by atoms with van der Waals surface area (Å²) in [5.41, 5.74) is -0.926. The third kappa shape index (κ3) is 6.66. The number of hydrogen-bond acceptors (Lipinski definition) is 7. The smallest absolute Gasteiger partial charge is 0.421 e. The van der Waals surface area contributed by atoms with Gasteiger partial charge in [-0.15, -0.1) is 0 Å². The highest BCUT2D eigenvalue weighted by atomic mass is 19.4. The molecule has 5 rings (SSSR count). The molecule has 0 saturated carbocycles. The van der Waals surface area contributed by atoms with Crippen LogP contribution in [0.2, 0.25) is 0 Å². The minimum absolute atomic E-state index is 0.177. The molecule has 3 heterocycles. The van der Waals surface area contributed by atoms with Crippen molar-refractivity contribution < 1.29 is 36.6 Å². The molecule has 0 aliphatic carbocycles. The summed E-state index contributed by atoms with van der Waals surface area (Å²) < 4.78 is 65.5. The summed E-state index contributed by atoms with van der Waals surface area (Å²) in [6.07, 6.45) is -0.615. The molecule has 2 aromatic carbocycles. The van der Waals surface area contributed by atoms with Crippen LogP contribution in [0.5, 0.6) is 11.5 Å². The quantitative estimate of drug-likeness (QED) is 0.324. The summed E-state index contributed by atoms with van der Waals surface area (Å²) in [5, 5.41) is 10.3. The van der Waals surface area contributed by atoms with E-state index in [9.17, 15) is 31.9 Å². The van der Waals surface area contributed by atoms with Crippen molar-refractivity contribution in [3.63, 3.8) is 0 Å². The Labute approximate surface area is 241 Å². The number of halogens is 4. The Bertz CT molecular complexity index is 1720. The largest absolute Gasteiger partial charge is 0.492 e. The number of amides is 2. The lowest BCUT2D eigenvalue weighted by molar-refractivity contribution is -0.139. The van der Waals surface area contributed by atoms with Crippen molar-refractivity contribution in [2.24, 2.45) is 0 Å². The molecule has 11 nitrogen and oxygen atoms in total.